The summed E-state index contributed by atoms with van der Waals surface area (Å²) in [7, 11) is 0. The molecule has 0 aliphatic carbocycles. The predicted molar refractivity (Wildman–Crippen MR) is 111 cm³/mol. The second-order valence-corrected chi connectivity index (χ2v) is 7.94. The first-order valence-electron chi connectivity index (χ1n) is 11.3. The first-order chi connectivity index (χ1) is 13.0. The molecular formula is C22H45NO4. The van der Waals surface area contributed by atoms with Crippen LogP contribution in [0.2, 0.25) is 0 Å². The van der Waals surface area contributed by atoms with Crippen LogP contribution in [-0.2, 0) is 4.79 Å². The van der Waals surface area contributed by atoms with E-state index in [1.54, 1.807) is 6.92 Å². The van der Waals surface area contributed by atoms with Gasteiger partial charge in [0.15, 0.2) is 5.78 Å². The average molecular weight is 388 g/mol. The minimum Gasteiger partial charge on any atom is -0.392 e. The van der Waals surface area contributed by atoms with Crippen molar-refractivity contribution in [2.24, 2.45) is 11.7 Å². The second-order valence-electron chi connectivity index (χ2n) is 7.94. The molecule has 0 aromatic carbocycles. The maximum atomic E-state index is 12.0. The molecule has 0 aliphatic rings. The van der Waals surface area contributed by atoms with Crippen molar-refractivity contribution in [3.05, 3.63) is 0 Å². The van der Waals surface area contributed by atoms with Crippen molar-refractivity contribution in [1.82, 2.24) is 0 Å². The molecule has 0 fully saturated rings. The van der Waals surface area contributed by atoms with Gasteiger partial charge in [-0.3, -0.25) is 4.79 Å². The Bertz CT molecular complexity index is 349. The first-order valence-corrected chi connectivity index (χ1v) is 11.3. The lowest BCUT2D eigenvalue weighted by Crippen LogP contribution is -2.46. The molecule has 4 atom stereocenters. The van der Waals surface area contributed by atoms with E-state index in [1.165, 1.54) is 64.2 Å². The van der Waals surface area contributed by atoms with Gasteiger partial charge >= 0.3 is 0 Å². The van der Waals surface area contributed by atoms with Crippen molar-refractivity contribution >= 4 is 5.78 Å². The Balaban J connectivity index is 3.69. The summed E-state index contributed by atoms with van der Waals surface area (Å²) in [6.45, 7) is 3.93. The number of Topliss-reactive ketones (excluding diaryl/α,β-unsaturated/α-hetero) is 1. The monoisotopic (exact) mass is 387 g/mol. The number of carbonyl (C=O) groups is 1. The highest BCUT2D eigenvalue weighted by Gasteiger charge is 2.34. The standard InChI is InChI=1S/C22H45NO4/c1-3-5-6-7-8-9-10-11-12-13-14-15-16-17-19(25)20(22(23)27)21(26)18(24)4-2/h18-20,22,24-25,27H,3-17,23H2,1-2H3. The molecule has 0 spiro atoms. The first kappa shape index (κ1) is 26.5. The van der Waals surface area contributed by atoms with E-state index >= 15 is 0 Å². The SMILES string of the molecule is CCCCCCCCCCCCCCCC(O)C(C(=O)C(O)CC)C(N)O. The molecule has 0 heterocycles. The van der Waals surface area contributed by atoms with Crippen LogP contribution < -0.4 is 5.73 Å². The topological polar surface area (TPSA) is 104 Å². The number of aliphatic hydroxyl groups is 3. The number of rotatable bonds is 19. The highest BCUT2D eigenvalue weighted by molar-refractivity contribution is 5.86. The molecule has 0 amide bonds. The Morgan fingerprint density at radius 2 is 1.15 bits per heavy atom. The zero-order valence-corrected chi connectivity index (χ0v) is 17.7. The van der Waals surface area contributed by atoms with Gasteiger partial charge in [0.25, 0.3) is 0 Å². The number of ketones is 1. The minimum absolute atomic E-state index is 0.257. The molecule has 5 nitrogen and oxygen atoms in total. The lowest BCUT2D eigenvalue weighted by Gasteiger charge is -2.25. The summed E-state index contributed by atoms with van der Waals surface area (Å²) in [5.41, 5.74) is 5.44. The Labute approximate surface area is 166 Å². The summed E-state index contributed by atoms with van der Waals surface area (Å²) in [5, 5.41) is 29.4. The summed E-state index contributed by atoms with van der Waals surface area (Å²) in [5.74, 6) is -1.66. The zero-order valence-electron chi connectivity index (χ0n) is 17.7. The van der Waals surface area contributed by atoms with E-state index in [4.69, 9.17) is 5.73 Å². The van der Waals surface area contributed by atoms with Crippen LogP contribution >= 0.6 is 0 Å². The van der Waals surface area contributed by atoms with Crippen molar-refractivity contribution in [2.75, 3.05) is 0 Å². The molecule has 0 bridgehead atoms. The summed E-state index contributed by atoms with van der Waals surface area (Å²) >= 11 is 0. The van der Waals surface area contributed by atoms with E-state index < -0.39 is 30.1 Å². The van der Waals surface area contributed by atoms with Gasteiger partial charge in [-0.1, -0.05) is 97.3 Å². The maximum Gasteiger partial charge on any atom is 0.170 e. The fraction of sp³-hybridized carbons (Fsp3) is 0.955. The predicted octanol–water partition coefficient (Wildman–Crippen LogP) is 4.06. The minimum atomic E-state index is -1.43. The van der Waals surface area contributed by atoms with Crippen LogP contribution in [0.4, 0.5) is 0 Å². The van der Waals surface area contributed by atoms with Gasteiger partial charge in [0.05, 0.1) is 12.0 Å². The number of nitrogens with two attached hydrogens (primary N) is 1. The van der Waals surface area contributed by atoms with Gasteiger partial charge in [-0.05, 0) is 12.8 Å². The molecule has 0 radical (unpaired) electrons. The van der Waals surface area contributed by atoms with Crippen LogP contribution in [0.15, 0.2) is 0 Å². The summed E-state index contributed by atoms with van der Waals surface area (Å²) in [6, 6.07) is 0. The number of carbonyl (C=O) groups excluding carboxylic acids is 1. The molecule has 162 valence electrons. The summed E-state index contributed by atoms with van der Waals surface area (Å²) in [4.78, 5) is 12.0. The smallest absolute Gasteiger partial charge is 0.170 e. The van der Waals surface area contributed by atoms with Gasteiger partial charge in [-0.15, -0.1) is 0 Å². The lowest BCUT2D eigenvalue weighted by atomic mass is 9.88. The Kier molecular flexibility index (Phi) is 17.3. The number of unbranched alkanes of at least 4 members (excludes halogenated alkanes) is 12. The van der Waals surface area contributed by atoms with Crippen molar-refractivity contribution in [2.45, 2.75) is 129 Å². The number of hydrogen-bond donors (Lipinski definition) is 4. The fourth-order valence-electron chi connectivity index (χ4n) is 3.56. The van der Waals surface area contributed by atoms with Gasteiger partial charge in [0.2, 0.25) is 0 Å². The molecule has 0 aromatic rings. The van der Waals surface area contributed by atoms with E-state index in [2.05, 4.69) is 6.92 Å². The largest absolute Gasteiger partial charge is 0.392 e. The Hall–Kier alpha value is -0.490. The van der Waals surface area contributed by atoms with E-state index in [-0.39, 0.29) is 6.42 Å². The molecule has 0 saturated heterocycles. The summed E-state index contributed by atoms with van der Waals surface area (Å²) in [6.07, 6.45) is 13.3. The third-order valence-corrected chi connectivity index (χ3v) is 5.43. The third-order valence-electron chi connectivity index (χ3n) is 5.43. The molecule has 5 heteroatoms. The van der Waals surface area contributed by atoms with Crippen LogP contribution in [0.3, 0.4) is 0 Å². The molecule has 0 saturated carbocycles. The third kappa shape index (κ3) is 13.3. The van der Waals surface area contributed by atoms with Gasteiger partial charge in [-0.25, -0.2) is 0 Å². The fourth-order valence-corrected chi connectivity index (χ4v) is 3.56. The quantitative estimate of drug-likeness (QED) is 0.198. The van der Waals surface area contributed by atoms with Crippen molar-refractivity contribution < 1.29 is 20.1 Å². The lowest BCUT2D eigenvalue weighted by molar-refractivity contribution is -0.140. The van der Waals surface area contributed by atoms with Gasteiger partial charge in [0, 0.05) is 0 Å². The normalized spacial score (nSPS) is 16.1. The molecule has 5 N–H and O–H groups in total. The Morgan fingerprint density at radius 1 is 0.741 bits per heavy atom. The molecule has 0 aromatic heterocycles. The van der Waals surface area contributed by atoms with Gasteiger partial charge in [0.1, 0.15) is 12.3 Å². The van der Waals surface area contributed by atoms with E-state index in [0.717, 1.165) is 19.3 Å². The average Bonchev–Trinajstić information content (AvgIpc) is 2.64. The molecule has 27 heavy (non-hydrogen) atoms. The Morgan fingerprint density at radius 3 is 1.52 bits per heavy atom. The van der Waals surface area contributed by atoms with Crippen LogP contribution in [-0.4, -0.2) is 39.5 Å². The zero-order chi connectivity index (χ0) is 20.5. The van der Waals surface area contributed by atoms with E-state index in [1.807, 2.05) is 0 Å². The summed E-state index contributed by atoms with van der Waals surface area (Å²) < 4.78 is 0. The van der Waals surface area contributed by atoms with Crippen LogP contribution in [0.25, 0.3) is 0 Å². The van der Waals surface area contributed by atoms with Crippen molar-refractivity contribution in [1.29, 1.82) is 0 Å². The van der Waals surface area contributed by atoms with Crippen molar-refractivity contribution in [3.8, 4) is 0 Å². The van der Waals surface area contributed by atoms with Crippen molar-refractivity contribution in [3.63, 3.8) is 0 Å². The van der Waals surface area contributed by atoms with Gasteiger partial charge < -0.3 is 21.1 Å². The second kappa shape index (κ2) is 17.6. The van der Waals surface area contributed by atoms with Crippen LogP contribution in [0.5, 0.6) is 0 Å². The molecular weight excluding hydrogens is 342 g/mol. The van der Waals surface area contributed by atoms with E-state index in [0.29, 0.717) is 6.42 Å². The van der Waals surface area contributed by atoms with Crippen LogP contribution in [0.1, 0.15) is 110 Å². The number of aliphatic hydroxyl groups excluding tert-OH is 3. The molecule has 4 unspecified atom stereocenters. The highest BCUT2D eigenvalue weighted by atomic mass is 16.3. The van der Waals surface area contributed by atoms with Gasteiger partial charge in [-0.2, -0.15) is 0 Å². The molecule has 0 aliphatic heterocycles. The van der Waals surface area contributed by atoms with E-state index in [9.17, 15) is 20.1 Å². The maximum absolute atomic E-state index is 12.0. The van der Waals surface area contributed by atoms with Crippen LogP contribution in [0, 0.1) is 5.92 Å². The molecule has 0 rings (SSSR count). The highest BCUT2D eigenvalue weighted by Crippen LogP contribution is 2.19. The number of hydrogen-bond acceptors (Lipinski definition) is 5.